The largest absolute Gasteiger partial charge is 0.576 e. The molecule has 69 valence electrons. The van der Waals surface area contributed by atoms with Gasteiger partial charge in [-0.1, -0.05) is 0 Å². The minimum absolute atomic E-state index is 0.597. The average molecular weight is 181 g/mol. The Labute approximate surface area is 69.6 Å². The second kappa shape index (κ2) is 12.7. The maximum atomic E-state index is 4.90. The number of hydrogen-bond acceptors (Lipinski definition) is 5. The van der Waals surface area contributed by atoms with Crippen molar-refractivity contribution < 1.29 is 13.3 Å². The van der Waals surface area contributed by atoms with Crippen LogP contribution >= 0.6 is 0 Å². The summed E-state index contributed by atoms with van der Waals surface area (Å²) in [6, 6.07) is 0. The van der Waals surface area contributed by atoms with Crippen molar-refractivity contribution in [2.75, 3.05) is 34.4 Å². The second-order valence-corrected chi connectivity index (χ2v) is 3.16. The maximum absolute atomic E-state index is 4.90. The van der Waals surface area contributed by atoms with E-state index in [1.807, 2.05) is 0 Å². The number of rotatable bonds is 4. The molecule has 0 aliphatic heterocycles. The Bertz CT molecular complexity index is 56.2. The van der Waals surface area contributed by atoms with E-state index in [1.54, 1.807) is 21.3 Å². The van der Waals surface area contributed by atoms with E-state index in [1.165, 1.54) is 0 Å². The summed E-state index contributed by atoms with van der Waals surface area (Å²) in [6.45, 7) is 1.19. The fraction of sp³-hybridized carbons (Fsp3) is 1.00. The molecule has 0 aromatic heterocycles. The molecular formula is C5H17N2O3Si. The number of nitrogens with two attached hydrogens (primary N) is 2. The molecule has 0 heterocycles. The first-order chi connectivity index (χ1) is 5.26. The zero-order chi connectivity index (χ0) is 9.11. The molecule has 0 atom stereocenters. The van der Waals surface area contributed by atoms with Crippen molar-refractivity contribution in [3.05, 3.63) is 0 Å². The van der Waals surface area contributed by atoms with Crippen LogP contribution in [0.1, 0.15) is 0 Å². The van der Waals surface area contributed by atoms with Gasteiger partial charge < -0.3 is 24.7 Å². The molecule has 5 nitrogen and oxygen atoms in total. The molecule has 0 unspecified atom stereocenters. The van der Waals surface area contributed by atoms with Crippen LogP contribution in [0.25, 0.3) is 0 Å². The van der Waals surface area contributed by atoms with E-state index in [-0.39, 0.29) is 0 Å². The molecule has 0 saturated carbocycles. The van der Waals surface area contributed by atoms with Crippen LogP contribution in [0.3, 0.4) is 0 Å². The first kappa shape index (κ1) is 13.6. The van der Waals surface area contributed by atoms with E-state index in [4.69, 9.17) is 24.7 Å². The Hall–Kier alpha value is 0.0169. The summed E-state index contributed by atoms with van der Waals surface area (Å²) in [5.74, 6) is 0. The molecule has 0 rings (SSSR count). The molecule has 0 aromatic carbocycles. The monoisotopic (exact) mass is 181 g/mol. The Morgan fingerprint density at radius 1 is 0.909 bits per heavy atom. The Balaban J connectivity index is 0. The van der Waals surface area contributed by atoms with Crippen LogP contribution in [0.5, 0.6) is 0 Å². The highest BCUT2D eigenvalue weighted by Crippen LogP contribution is 1.81. The highest BCUT2D eigenvalue weighted by atomic mass is 28.3. The smallest absolute Gasteiger partial charge is 0.375 e. The van der Waals surface area contributed by atoms with Crippen molar-refractivity contribution in [1.82, 2.24) is 0 Å². The zero-order valence-electron chi connectivity index (χ0n) is 7.29. The summed E-state index contributed by atoms with van der Waals surface area (Å²) < 4.78 is 14.1. The van der Waals surface area contributed by atoms with E-state index in [0.29, 0.717) is 13.1 Å². The van der Waals surface area contributed by atoms with Crippen molar-refractivity contribution >= 4 is 9.53 Å². The molecule has 0 bridgehead atoms. The Kier molecular flexibility index (Phi) is 15.7. The van der Waals surface area contributed by atoms with E-state index in [9.17, 15) is 0 Å². The highest BCUT2D eigenvalue weighted by Gasteiger charge is 2.09. The van der Waals surface area contributed by atoms with Crippen LogP contribution in [-0.2, 0) is 13.3 Å². The van der Waals surface area contributed by atoms with Crippen molar-refractivity contribution in [2.24, 2.45) is 11.5 Å². The minimum Gasteiger partial charge on any atom is -0.375 e. The molecule has 0 aliphatic rings. The standard InChI is InChI=1S/C3H9O3Si.C2H8N2/c1-4-7(5-2)6-3;3-1-2-4/h1-3H3;1-4H2. The van der Waals surface area contributed by atoms with Gasteiger partial charge in [0.2, 0.25) is 0 Å². The van der Waals surface area contributed by atoms with Gasteiger partial charge in [0.05, 0.1) is 0 Å². The van der Waals surface area contributed by atoms with Gasteiger partial charge in [-0.15, -0.1) is 0 Å². The Morgan fingerprint density at radius 2 is 1.18 bits per heavy atom. The van der Waals surface area contributed by atoms with Gasteiger partial charge >= 0.3 is 9.53 Å². The van der Waals surface area contributed by atoms with Gasteiger partial charge in [0.25, 0.3) is 0 Å². The fourth-order valence-electron chi connectivity index (χ4n) is 0.250. The van der Waals surface area contributed by atoms with Gasteiger partial charge in [0.15, 0.2) is 0 Å². The molecule has 0 amide bonds. The lowest BCUT2D eigenvalue weighted by molar-refractivity contribution is 0.163. The summed E-state index contributed by atoms with van der Waals surface area (Å²) >= 11 is 0. The molecule has 6 heteroatoms. The van der Waals surface area contributed by atoms with Gasteiger partial charge in [-0.3, -0.25) is 0 Å². The lowest BCUT2D eigenvalue weighted by atomic mass is 10.7. The first-order valence-electron chi connectivity index (χ1n) is 3.15. The quantitative estimate of drug-likeness (QED) is 0.533. The molecule has 11 heavy (non-hydrogen) atoms. The lowest BCUT2D eigenvalue weighted by Gasteiger charge is -2.02. The van der Waals surface area contributed by atoms with Crippen LogP contribution in [0.15, 0.2) is 0 Å². The van der Waals surface area contributed by atoms with Crippen LogP contribution < -0.4 is 11.5 Å². The van der Waals surface area contributed by atoms with Crippen molar-refractivity contribution in [3.8, 4) is 0 Å². The molecule has 0 spiro atoms. The van der Waals surface area contributed by atoms with Crippen LogP contribution in [-0.4, -0.2) is 43.9 Å². The molecule has 4 N–H and O–H groups in total. The molecule has 0 fully saturated rings. The predicted molar refractivity (Wildman–Crippen MR) is 44.9 cm³/mol. The van der Waals surface area contributed by atoms with Crippen LogP contribution in [0, 0.1) is 0 Å². The van der Waals surface area contributed by atoms with Crippen molar-refractivity contribution in [2.45, 2.75) is 0 Å². The van der Waals surface area contributed by atoms with Crippen LogP contribution in [0.2, 0.25) is 0 Å². The summed E-state index contributed by atoms with van der Waals surface area (Å²) in [4.78, 5) is 0. The van der Waals surface area contributed by atoms with Crippen molar-refractivity contribution in [3.63, 3.8) is 0 Å². The lowest BCUT2D eigenvalue weighted by Crippen LogP contribution is -2.21. The Morgan fingerprint density at radius 3 is 1.18 bits per heavy atom. The van der Waals surface area contributed by atoms with Crippen molar-refractivity contribution in [1.29, 1.82) is 0 Å². The summed E-state index contributed by atoms with van der Waals surface area (Å²) in [5, 5.41) is 0. The summed E-state index contributed by atoms with van der Waals surface area (Å²) in [5.41, 5.74) is 9.81. The summed E-state index contributed by atoms with van der Waals surface area (Å²) in [6.07, 6.45) is 0. The zero-order valence-corrected chi connectivity index (χ0v) is 8.29. The molecule has 0 saturated heterocycles. The maximum Gasteiger partial charge on any atom is 0.576 e. The van der Waals surface area contributed by atoms with Gasteiger partial charge in [-0.2, -0.15) is 0 Å². The van der Waals surface area contributed by atoms with E-state index >= 15 is 0 Å². The normalized spacial score (nSPS) is 9.27. The third-order valence-electron chi connectivity index (χ3n) is 0.667. The van der Waals surface area contributed by atoms with Crippen LogP contribution in [0.4, 0.5) is 0 Å². The van der Waals surface area contributed by atoms with Gasteiger partial charge in [-0.05, 0) is 0 Å². The fourth-order valence-corrected chi connectivity index (χ4v) is 0.750. The molecule has 0 aliphatic carbocycles. The SMILES string of the molecule is CO[Si](OC)OC.NCCN. The first-order valence-corrected chi connectivity index (χ1v) is 4.38. The van der Waals surface area contributed by atoms with E-state index in [0.717, 1.165) is 0 Å². The van der Waals surface area contributed by atoms with E-state index < -0.39 is 9.53 Å². The summed E-state index contributed by atoms with van der Waals surface area (Å²) in [7, 11) is 3.31. The van der Waals surface area contributed by atoms with E-state index in [2.05, 4.69) is 0 Å². The minimum atomic E-state index is -1.36. The molecular weight excluding hydrogens is 164 g/mol. The van der Waals surface area contributed by atoms with Gasteiger partial charge in [-0.25, -0.2) is 0 Å². The van der Waals surface area contributed by atoms with Gasteiger partial charge in [0, 0.05) is 34.4 Å². The van der Waals surface area contributed by atoms with Gasteiger partial charge in [0.1, 0.15) is 0 Å². The highest BCUT2D eigenvalue weighted by molar-refractivity contribution is 6.36. The predicted octanol–water partition coefficient (Wildman–Crippen LogP) is -1.19. The third kappa shape index (κ3) is 13.1. The topological polar surface area (TPSA) is 79.7 Å². The molecule has 1 radical (unpaired) electrons. The second-order valence-electron chi connectivity index (χ2n) is 1.44. The number of hydrogen-bond donors (Lipinski definition) is 2. The average Bonchev–Trinajstić information content (AvgIpc) is 2.08. The third-order valence-corrected chi connectivity index (χ3v) is 1.67. The molecule has 0 aromatic rings.